The fourth-order valence-electron chi connectivity index (χ4n) is 1.70. The van der Waals surface area contributed by atoms with Gasteiger partial charge in [0.05, 0.1) is 24.1 Å². The summed E-state index contributed by atoms with van der Waals surface area (Å²) in [6.07, 6.45) is 4.40. The number of carbonyl (C=O) groups excluding carboxylic acids is 2. The van der Waals surface area contributed by atoms with Crippen molar-refractivity contribution >= 4 is 23.6 Å². The van der Waals surface area contributed by atoms with Crippen LogP contribution in [0.2, 0.25) is 0 Å². The van der Waals surface area contributed by atoms with Crippen molar-refractivity contribution in [3.8, 4) is 0 Å². The molecular formula is C16H15NO4. The Bertz CT molecular complexity index is 644. The van der Waals surface area contributed by atoms with E-state index in [4.69, 9.17) is 9.15 Å². The Morgan fingerprint density at radius 2 is 2.05 bits per heavy atom. The van der Waals surface area contributed by atoms with Gasteiger partial charge in [-0.2, -0.15) is 0 Å². The van der Waals surface area contributed by atoms with E-state index in [1.165, 1.54) is 12.3 Å². The van der Waals surface area contributed by atoms with Crippen molar-refractivity contribution in [3.05, 3.63) is 60.1 Å². The number of hydrogen-bond donors (Lipinski definition) is 1. The Hall–Kier alpha value is -2.82. The van der Waals surface area contributed by atoms with Gasteiger partial charge in [0.25, 0.3) is 0 Å². The molecule has 1 aromatic carbocycles. The average Bonchev–Trinajstić information content (AvgIpc) is 2.99. The molecule has 0 unspecified atom stereocenters. The third-order valence-electron chi connectivity index (χ3n) is 2.62. The predicted molar refractivity (Wildman–Crippen MR) is 78.8 cm³/mol. The summed E-state index contributed by atoms with van der Waals surface area (Å²) < 4.78 is 10.0. The molecule has 21 heavy (non-hydrogen) atoms. The van der Waals surface area contributed by atoms with Gasteiger partial charge in [0.1, 0.15) is 5.76 Å². The second-order valence-corrected chi connectivity index (χ2v) is 4.10. The summed E-state index contributed by atoms with van der Waals surface area (Å²) in [6, 6.07) is 10.1. The number of benzene rings is 1. The van der Waals surface area contributed by atoms with E-state index in [1.807, 2.05) is 0 Å². The molecule has 0 atom stereocenters. The normalized spacial score (nSPS) is 10.5. The van der Waals surface area contributed by atoms with Crippen LogP contribution in [0.15, 0.2) is 53.2 Å². The minimum atomic E-state index is -0.469. The molecule has 0 aliphatic rings. The fourth-order valence-corrected chi connectivity index (χ4v) is 1.70. The van der Waals surface area contributed by atoms with E-state index in [2.05, 4.69) is 5.32 Å². The van der Waals surface area contributed by atoms with Gasteiger partial charge < -0.3 is 14.5 Å². The maximum Gasteiger partial charge on any atom is 0.340 e. The number of ether oxygens (including phenoxy) is 1. The summed E-state index contributed by atoms with van der Waals surface area (Å²) in [5.41, 5.74) is 0.726. The van der Waals surface area contributed by atoms with Crippen molar-refractivity contribution in [1.82, 2.24) is 0 Å². The molecule has 5 nitrogen and oxygen atoms in total. The molecule has 2 rings (SSSR count). The van der Waals surface area contributed by atoms with Gasteiger partial charge in [-0.1, -0.05) is 12.1 Å². The van der Waals surface area contributed by atoms with E-state index in [0.29, 0.717) is 17.0 Å². The Labute approximate surface area is 122 Å². The Balaban J connectivity index is 2.08. The minimum Gasteiger partial charge on any atom is -0.465 e. The first-order valence-corrected chi connectivity index (χ1v) is 6.49. The predicted octanol–water partition coefficient (Wildman–Crippen LogP) is 3.11. The third kappa shape index (κ3) is 4.07. The first-order valence-electron chi connectivity index (χ1n) is 6.49. The molecule has 0 aliphatic carbocycles. The molecule has 1 N–H and O–H groups in total. The number of carbonyl (C=O) groups is 2. The highest BCUT2D eigenvalue weighted by molar-refractivity contribution is 6.06. The van der Waals surface area contributed by atoms with Gasteiger partial charge in [-0.3, -0.25) is 4.79 Å². The highest BCUT2D eigenvalue weighted by atomic mass is 16.5. The molecule has 5 heteroatoms. The molecule has 0 saturated heterocycles. The highest BCUT2D eigenvalue weighted by Crippen LogP contribution is 2.16. The number of hydrogen-bond acceptors (Lipinski definition) is 4. The van der Waals surface area contributed by atoms with Gasteiger partial charge in [-0.15, -0.1) is 0 Å². The summed E-state index contributed by atoms with van der Waals surface area (Å²) >= 11 is 0. The quantitative estimate of drug-likeness (QED) is 0.677. The smallest absolute Gasteiger partial charge is 0.340 e. The van der Waals surface area contributed by atoms with Gasteiger partial charge in [-0.25, -0.2) is 4.79 Å². The number of amides is 1. The Morgan fingerprint density at radius 1 is 1.24 bits per heavy atom. The maximum atomic E-state index is 11.8. The van der Waals surface area contributed by atoms with Crippen molar-refractivity contribution in [3.63, 3.8) is 0 Å². The molecule has 2 aromatic rings. The summed E-state index contributed by atoms with van der Waals surface area (Å²) in [7, 11) is 0. The lowest BCUT2D eigenvalue weighted by atomic mass is 10.2. The van der Waals surface area contributed by atoms with Gasteiger partial charge in [0.2, 0.25) is 5.91 Å². The van der Waals surface area contributed by atoms with Crippen molar-refractivity contribution in [1.29, 1.82) is 0 Å². The standard InChI is InChI=1S/C16H15NO4/c1-2-20-16(19)13-7-3-4-8-14(13)17-15(18)10-9-12-6-5-11-21-12/h3-11H,2H2,1H3,(H,17,18)/b10-9+. The molecule has 1 aromatic heterocycles. The first-order chi connectivity index (χ1) is 10.2. The van der Waals surface area contributed by atoms with Crippen molar-refractivity contribution in [2.24, 2.45) is 0 Å². The topological polar surface area (TPSA) is 68.5 Å². The molecule has 0 radical (unpaired) electrons. The van der Waals surface area contributed by atoms with Crippen LogP contribution in [-0.2, 0) is 9.53 Å². The summed E-state index contributed by atoms with van der Waals surface area (Å²) in [5.74, 6) is -0.254. The third-order valence-corrected chi connectivity index (χ3v) is 2.62. The SMILES string of the molecule is CCOC(=O)c1ccccc1NC(=O)/C=C/c1ccco1. The monoisotopic (exact) mass is 285 g/mol. The second-order valence-electron chi connectivity index (χ2n) is 4.10. The second kappa shape index (κ2) is 7.09. The summed E-state index contributed by atoms with van der Waals surface area (Å²) in [4.78, 5) is 23.6. The van der Waals surface area contributed by atoms with E-state index in [0.717, 1.165) is 0 Å². The zero-order valence-corrected chi connectivity index (χ0v) is 11.5. The Morgan fingerprint density at radius 3 is 2.76 bits per heavy atom. The van der Waals surface area contributed by atoms with Crippen LogP contribution in [0.1, 0.15) is 23.0 Å². The van der Waals surface area contributed by atoms with Crippen LogP contribution in [0.3, 0.4) is 0 Å². The van der Waals surface area contributed by atoms with E-state index < -0.39 is 5.97 Å². The van der Waals surface area contributed by atoms with Crippen LogP contribution in [0.4, 0.5) is 5.69 Å². The minimum absolute atomic E-state index is 0.277. The first kappa shape index (κ1) is 14.6. The molecular weight excluding hydrogens is 270 g/mol. The lowest BCUT2D eigenvalue weighted by Gasteiger charge is -2.08. The summed E-state index contributed by atoms with van der Waals surface area (Å²) in [5, 5.41) is 2.64. The van der Waals surface area contributed by atoms with Crippen LogP contribution in [-0.4, -0.2) is 18.5 Å². The molecule has 0 fully saturated rings. The lowest BCUT2D eigenvalue weighted by Crippen LogP contribution is -2.13. The van der Waals surface area contributed by atoms with E-state index >= 15 is 0 Å². The number of nitrogens with one attached hydrogen (secondary N) is 1. The van der Waals surface area contributed by atoms with Crippen molar-refractivity contribution in [2.75, 3.05) is 11.9 Å². The van der Waals surface area contributed by atoms with Crippen LogP contribution >= 0.6 is 0 Å². The van der Waals surface area contributed by atoms with Gasteiger partial charge in [0.15, 0.2) is 0 Å². The number of furan rings is 1. The fraction of sp³-hybridized carbons (Fsp3) is 0.125. The van der Waals surface area contributed by atoms with E-state index in [9.17, 15) is 9.59 Å². The van der Waals surface area contributed by atoms with Crippen LogP contribution < -0.4 is 5.32 Å². The number of rotatable bonds is 5. The maximum absolute atomic E-state index is 11.8. The van der Waals surface area contributed by atoms with E-state index in [-0.39, 0.29) is 12.5 Å². The van der Waals surface area contributed by atoms with Crippen LogP contribution in [0, 0.1) is 0 Å². The van der Waals surface area contributed by atoms with Crippen molar-refractivity contribution in [2.45, 2.75) is 6.92 Å². The molecule has 1 heterocycles. The number of esters is 1. The molecule has 0 spiro atoms. The van der Waals surface area contributed by atoms with Gasteiger partial charge >= 0.3 is 5.97 Å². The van der Waals surface area contributed by atoms with Gasteiger partial charge in [0, 0.05) is 6.08 Å². The molecule has 108 valence electrons. The zero-order chi connectivity index (χ0) is 15.1. The molecule has 1 amide bonds. The number of anilines is 1. The molecule has 0 saturated carbocycles. The van der Waals surface area contributed by atoms with Gasteiger partial charge in [-0.05, 0) is 37.3 Å². The number of para-hydroxylation sites is 1. The zero-order valence-electron chi connectivity index (χ0n) is 11.5. The highest BCUT2D eigenvalue weighted by Gasteiger charge is 2.12. The molecule has 0 bridgehead atoms. The largest absolute Gasteiger partial charge is 0.465 e. The van der Waals surface area contributed by atoms with E-state index in [1.54, 1.807) is 49.4 Å². The average molecular weight is 285 g/mol. The summed E-state index contributed by atoms with van der Waals surface area (Å²) in [6.45, 7) is 2.00. The Kier molecular flexibility index (Phi) is 4.93. The van der Waals surface area contributed by atoms with Crippen LogP contribution in [0.5, 0.6) is 0 Å². The van der Waals surface area contributed by atoms with Crippen molar-refractivity contribution < 1.29 is 18.7 Å². The lowest BCUT2D eigenvalue weighted by molar-refractivity contribution is -0.111. The molecule has 0 aliphatic heterocycles. The van der Waals surface area contributed by atoms with Crippen LogP contribution in [0.25, 0.3) is 6.08 Å².